The van der Waals surface area contributed by atoms with Crippen molar-refractivity contribution in [2.45, 2.75) is 19.3 Å². The highest BCUT2D eigenvalue weighted by Gasteiger charge is 2.11. The first kappa shape index (κ1) is 12.6. The predicted molar refractivity (Wildman–Crippen MR) is 57.1 cm³/mol. The van der Waals surface area contributed by atoms with Crippen molar-refractivity contribution in [1.29, 1.82) is 0 Å². The zero-order valence-electron chi connectivity index (χ0n) is 9.00. The Hall–Kier alpha value is -1.50. The maximum atomic E-state index is 10.2. The third kappa shape index (κ3) is 4.83. The molecular weight excluding hydrogens is 214 g/mol. The van der Waals surface area contributed by atoms with Gasteiger partial charge >= 0.3 is 0 Å². The molecule has 0 radical (unpaired) electrons. The molecule has 0 amide bonds. The van der Waals surface area contributed by atoms with Gasteiger partial charge in [0.05, 0.1) is 12.3 Å². The van der Waals surface area contributed by atoms with Gasteiger partial charge in [-0.1, -0.05) is 0 Å². The largest absolute Gasteiger partial charge is 0.314 e. The van der Waals surface area contributed by atoms with Crippen LogP contribution in [0.4, 0.5) is 0 Å². The summed E-state index contributed by atoms with van der Waals surface area (Å²) in [5.41, 5.74) is 0.618. The van der Waals surface area contributed by atoms with Gasteiger partial charge in [0.1, 0.15) is 0 Å². The Morgan fingerprint density at radius 3 is 2.94 bits per heavy atom. The summed E-state index contributed by atoms with van der Waals surface area (Å²) < 4.78 is 0. The van der Waals surface area contributed by atoms with Crippen molar-refractivity contribution in [2.24, 2.45) is 5.18 Å². The smallest absolute Gasteiger partial charge is 0.294 e. The molecular formula is C9H15N3O4. The van der Waals surface area contributed by atoms with Gasteiger partial charge in [0.25, 0.3) is 5.09 Å². The van der Waals surface area contributed by atoms with Crippen LogP contribution in [-0.4, -0.2) is 36.2 Å². The fourth-order valence-electron chi connectivity index (χ4n) is 1.56. The Balaban J connectivity index is 2.04. The Bertz CT molecular complexity index is 280. The van der Waals surface area contributed by atoms with E-state index >= 15 is 0 Å². The van der Waals surface area contributed by atoms with Crippen LogP contribution >= 0.6 is 0 Å². The highest BCUT2D eigenvalue weighted by molar-refractivity contribution is 5.05. The van der Waals surface area contributed by atoms with Gasteiger partial charge in [-0.15, -0.1) is 15.0 Å². The van der Waals surface area contributed by atoms with Crippen LogP contribution in [-0.2, 0) is 4.84 Å². The van der Waals surface area contributed by atoms with Crippen LogP contribution in [0.2, 0.25) is 0 Å². The maximum absolute atomic E-state index is 10.2. The number of nitroso groups, excluding NO2 is 1. The highest BCUT2D eigenvalue weighted by Crippen LogP contribution is 2.11. The fraction of sp³-hybridized carbons (Fsp3) is 0.778. The molecule has 0 saturated carbocycles. The number of unbranched alkanes of at least 4 members (excludes halogenated alkanes) is 1. The lowest BCUT2D eigenvalue weighted by Crippen LogP contribution is -2.29. The van der Waals surface area contributed by atoms with E-state index in [1.165, 1.54) is 0 Å². The zero-order valence-corrected chi connectivity index (χ0v) is 9.00. The molecule has 7 heteroatoms. The van der Waals surface area contributed by atoms with Crippen molar-refractivity contribution in [3.05, 3.63) is 26.8 Å². The first-order valence-corrected chi connectivity index (χ1v) is 5.24. The first-order valence-electron chi connectivity index (χ1n) is 5.24. The third-order valence-corrected chi connectivity index (χ3v) is 2.45. The van der Waals surface area contributed by atoms with E-state index in [0.29, 0.717) is 18.5 Å². The first-order chi connectivity index (χ1) is 7.72. The van der Waals surface area contributed by atoms with Crippen LogP contribution in [0, 0.1) is 15.0 Å². The van der Waals surface area contributed by atoms with Crippen LogP contribution in [0.15, 0.2) is 16.9 Å². The molecule has 7 nitrogen and oxygen atoms in total. The molecule has 0 fully saturated rings. The minimum absolute atomic E-state index is 0.151. The Morgan fingerprint density at radius 2 is 2.38 bits per heavy atom. The average molecular weight is 229 g/mol. The van der Waals surface area contributed by atoms with E-state index in [0.717, 1.165) is 26.1 Å². The van der Waals surface area contributed by atoms with Crippen molar-refractivity contribution in [1.82, 2.24) is 4.90 Å². The lowest BCUT2D eigenvalue weighted by molar-refractivity contribution is -0.757. The zero-order chi connectivity index (χ0) is 11.8. The fourth-order valence-corrected chi connectivity index (χ4v) is 1.56. The second-order valence-electron chi connectivity index (χ2n) is 3.60. The van der Waals surface area contributed by atoms with E-state index in [2.05, 4.69) is 14.9 Å². The van der Waals surface area contributed by atoms with Crippen molar-refractivity contribution < 1.29 is 9.92 Å². The molecule has 16 heavy (non-hydrogen) atoms. The summed E-state index contributed by atoms with van der Waals surface area (Å²) in [5.74, 6) is 0. The molecule has 0 aliphatic carbocycles. The topological polar surface area (TPSA) is 85.0 Å². The van der Waals surface area contributed by atoms with Crippen LogP contribution < -0.4 is 0 Å². The molecule has 0 N–H and O–H groups in total. The summed E-state index contributed by atoms with van der Waals surface area (Å²) in [4.78, 5) is 26.5. The molecule has 0 aromatic heterocycles. The minimum atomic E-state index is -0.772. The van der Waals surface area contributed by atoms with Crippen LogP contribution in [0.3, 0.4) is 0 Å². The molecule has 1 rings (SSSR count). The Morgan fingerprint density at radius 1 is 1.56 bits per heavy atom. The van der Waals surface area contributed by atoms with Gasteiger partial charge in [-0.3, -0.25) is 4.90 Å². The molecule has 0 spiro atoms. The standard InChI is InChI=1S/C9H15N3O4/c13-10-9-3-6-11(7-4-9)5-1-2-8-16-12(14)15/h3H,1-2,4-8H2. The molecule has 1 heterocycles. The van der Waals surface area contributed by atoms with Gasteiger partial charge in [0.15, 0.2) is 0 Å². The van der Waals surface area contributed by atoms with Crippen molar-refractivity contribution in [2.75, 3.05) is 26.2 Å². The summed E-state index contributed by atoms with van der Waals surface area (Å²) in [6, 6.07) is 0. The maximum Gasteiger partial charge on any atom is 0.294 e. The molecule has 1 aliphatic rings. The van der Waals surface area contributed by atoms with Crippen molar-refractivity contribution in [3.8, 4) is 0 Å². The van der Waals surface area contributed by atoms with Gasteiger partial charge < -0.3 is 4.84 Å². The molecule has 0 bridgehead atoms. The van der Waals surface area contributed by atoms with Gasteiger partial charge in [-0.25, -0.2) is 0 Å². The Labute approximate surface area is 93.1 Å². The predicted octanol–water partition coefficient (Wildman–Crippen LogP) is 1.33. The van der Waals surface area contributed by atoms with Crippen LogP contribution in [0.1, 0.15) is 19.3 Å². The lowest BCUT2D eigenvalue weighted by Gasteiger charge is -2.23. The molecule has 0 atom stereocenters. The van der Waals surface area contributed by atoms with Gasteiger partial charge in [-0.05, 0) is 30.6 Å². The molecule has 0 aromatic rings. The van der Waals surface area contributed by atoms with Gasteiger partial charge in [0, 0.05) is 19.5 Å². The summed E-state index contributed by atoms with van der Waals surface area (Å²) in [5, 5.41) is 12.0. The van der Waals surface area contributed by atoms with Crippen molar-refractivity contribution >= 4 is 0 Å². The van der Waals surface area contributed by atoms with Crippen LogP contribution in [0.25, 0.3) is 0 Å². The Kier molecular flexibility index (Phi) is 5.41. The third-order valence-electron chi connectivity index (χ3n) is 2.45. The molecule has 0 saturated heterocycles. The lowest BCUT2D eigenvalue weighted by atomic mass is 10.2. The number of hydrogen-bond acceptors (Lipinski definition) is 6. The highest BCUT2D eigenvalue weighted by atomic mass is 16.9. The van der Waals surface area contributed by atoms with E-state index in [1.807, 2.05) is 6.08 Å². The van der Waals surface area contributed by atoms with E-state index in [1.54, 1.807) is 0 Å². The minimum Gasteiger partial charge on any atom is -0.314 e. The summed E-state index contributed by atoms with van der Waals surface area (Å²) in [6.07, 6.45) is 4.03. The monoisotopic (exact) mass is 229 g/mol. The van der Waals surface area contributed by atoms with Gasteiger partial charge in [-0.2, -0.15) is 0 Å². The quantitative estimate of drug-likeness (QED) is 0.284. The molecule has 0 unspecified atom stereocenters. The summed E-state index contributed by atoms with van der Waals surface area (Å²) in [6.45, 7) is 2.58. The molecule has 1 aliphatic heterocycles. The number of nitrogens with zero attached hydrogens (tertiary/aromatic N) is 3. The second-order valence-corrected chi connectivity index (χ2v) is 3.60. The van der Waals surface area contributed by atoms with E-state index in [9.17, 15) is 15.0 Å². The average Bonchev–Trinajstić information content (AvgIpc) is 2.29. The van der Waals surface area contributed by atoms with E-state index in [-0.39, 0.29) is 6.61 Å². The SMILES string of the molecule is O=NC1=CCN(CCCCO[N+](=O)[O-])CC1. The van der Waals surface area contributed by atoms with E-state index < -0.39 is 5.09 Å². The summed E-state index contributed by atoms with van der Waals surface area (Å²) >= 11 is 0. The van der Waals surface area contributed by atoms with Crippen molar-refractivity contribution in [3.63, 3.8) is 0 Å². The number of hydrogen-bond donors (Lipinski definition) is 0. The summed E-state index contributed by atoms with van der Waals surface area (Å²) in [7, 11) is 0. The van der Waals surface area contributed by atoms with E-state index in [4.69, 9.17) is 0 Å². The molecule has 90 valence electrons. The normalized spacial score (nSPS) is 16.6. The molecule has 0 aromatic carbocycles. The van der Waals surface area contributed by atoms with Gasteiger partial charge in [0.2, 0.25) is 0 Å². The van der Waals surface area contributed by atoms with Crippen LogP contribution in [0.5, 0.6) is 0 Å². The number of rotatable bonds is 7. The second kappa shape index (κ2) is 6.89.